The molecular formula is C24H23N3O4. The summed E-state index contributed by atoms with van der Waals surface area (Å²) in [6, 6.07) is 13.8. The summed E-state index contributed by atoms with van der Waals surface area (Å²) >= 11 is 0. The third-order valence-electron chi connectivity index (χ3n) is 6.21. The molecule has 31 heavy (non-hydrogen) atoms. The average molecular weight is 417 g/mol. The Labute approximate surface area is 179 Å². The van der Waals surface area contributed by atoms with E-state index in [1.165, 1.54) is 11.8 Å². The number of anilines is 1. The lowest BCUT2D eigenvalue weighted by Crippen LogP contribution is -2.49. The van der Waals surface area contributed by atoms with E-state index in [-0.39, 0.29) is 30.2 Å². The molecule has 5 rings (SSSR count). The molecule has 1 aliphatic heterocycles. The van der Waals surface area contributed by atoms with Gasteiger partial charge in [0.15, 0.2) is 5.58 Å². The van der Waals surface area contributed by atoms with Crippen LogP contribution in [-0.4, -0.2) is 39.7 Å². The number of benzene rings is 2. The van der Waals surface area contributed by atoms with Crippen LogP contribution in [0, 0.1) is 0 Å². The van der Waals surface area contributed by atoms with Crippen molar-refractivity contribution >= 4 is 34.5 Å². The Balaban J connectivity index is 1.40. The van der Waals surface area contributed by atoms with Crippen LogP contribution < -0.4 is 4.90 Å². The van der Waals surface area contributed by atoms with Crippen molar-refractivity contribution in [2.24, 2.45) is 0 Å². The Morgan fingerprint density at radius 3 is 2.45 bits per heavy atom. The van der Waals surface area contributed by atoms with E-state index in [0.29, 0.717) is 17.2 Å². The Bertz CT molecular complexity index is 1130. The Morgan fingerprint density at radius 1 is 1.06 bits per heavy atom. The second kappa shape index (κ2) is 7.65. The van der Waals surface area contributed by atoms with Crippen LogP contribution in [0.15, 0.2) is 52.9 Å². The van der Waals surface area contributed by atoms with E-state index < -0.39 is 6.04 Å². The average Bonchev–Trinajstić information content (AvgIpc) is 3.48. The first-order valence-corrected chi connectivity index (χ1v) is 10.6. The summed E-state index contributed by atoms with van der Waals surface area (Å²) in [5, 5.41) is 0. The van der Waals surface area contributed by atoms with Crippen LogP contribution in [0.2, 0.25) is 0 Å². The highest BCUT2D eigenvalue weighted by atomic mass is 16.3. The van der Waals surface area contributed by atoms with E-state index in [1.54, 1.807) is 29.2 Å². The van der Waals surface area contributed by atoms with Crippen molar-refractivity contribution in [3.63, 3.8) is 0 Å². The number of rotatable bonds is 4. The van der Waals surface area contributed by atoms with Crippen LogP contribution >= 0.6 is 0 Å². The minimum absolute atomic E-state index is 0.0296. The van der Waals surface area contributed by atoms with Gasteiger partial charge in [0.1, 0.15) is 11.6 Å². The van der Waals surface area contributed by atoms with E-state index in [2.05, 4.69) is 4.98 Å². The maximum Gasteiger partial charge on any atom is 0.257 e. The Morgan fingerprint density at radius 2 is 1.77 bits per heavy atom. The molecular weight excluding hydrogens is 394 g/mol. The van der Waals surface area contributed by atoms with Crippen LogP contribution in [-0.2, 0) is 14.4 Å². The van der Waals surface area contributed by atoms with Crippen molar-refractivity contribution < 1.29 is 18.8 Å². The third-order valence-corrected chi connectivity index (χ3v) is 6.21. The number of amides is 3. The van der Waals surface area contributed by atoms with Gasteiger partial charge in [0.25, 0.3) is 5.91 Å². The maximum absolute atomic E-state index is 13.2. The van der Waals surface area contributed by atoms with E-state index >= 15 is 0 Å². The van der Waals surface area contributed by atoms with Gasteiger partial charge in [-0.25, -0.2) is 9.88 Å². The molecule has 1 saturated carbocycles. The van der Waals surface area contributed by atoms with Crippen molar-refractivity contribution in [3.05, 3.63) is 48.5 Å². The number of carbonyl (C=O) groups excluding carboxylic acids is 3. The normalized spacial score (nSPS) is 19.5. The molecule has 158 valence electrons. The lowest BCUT2D eigenvalue weighted by molar-refractivity contribution is -0.139. The Kier molecular flexibility index (Phi) is 4.81. The van der Waals surface area contributed by atoms with Gasteiger partial charge in [0.2, 0.25) is 17.7 Å². The summed E-state index contributed by atoms with van der Waals surface area (Å²) < 4.78 is 5.79. The summed E-state index contributed by atoms with van der Waals surface area (Å²) in [5.41, 5.74) is 2.72. The highest BCUT2D eigenvalue weighted by Gasteiger charge is 2.46. The number of para-hydroxylation sites is 2. The second-order valence-corrected chi connectivity index (χ2v) is 8.19. The molecule has 3 amide bonds. The molecule has 1 saturated heterocycles. The zero-order valence-electron chi connectivity index (χ0n) is 17.3. The van der Waals surface area contributed by atoms with Gasteiger partial charge < -0.3 is 9.32 Å². The summed E-state index contributed by atoms with van der Waals surface area (Å²) in [6.07, 6.45) is 3.89. The van der Waals surface area contributed by atoms with Crippen molar-refractivity contribution in [2.45, 2.75) is 51.1 Å². The highest BCUT2D eigenvalue weighted by molar-refractivity contribution is 6.23. The van der Waals surface area contributed by atoms with Crippen LogP contribution in [0.3, 0.4) is 0 Å². The molecule has 7 heteroatoms. The van der Waals surface area contributed by atoms with Crippen molar-refractivity contribution in [1.29, 1.82) is 0 Å². The fraction of sp³-hybridized carbons (Fsp3) is 0.333. The molecule has 1 unspecified atom stereocenters. The SMILES string of the molecule is CC(=O)N(C1CCCC1)C1CC(=O)N(c2ccc(-c3nc4ccccc4o3)cc2)C1=O. The molecule has 3 aromatic rings. The smallest absolute Gasteiger partial charge is 0.257 e. The summed E-state index contributed by atoms with van der Waals surface area (Å²) in [4.78, 5) is 45.6. The summed E-state index contributed by atoms with van der Waals surface area (Å²) in [7, 11) is 0. The molecule has 2 fully saturated rings. The molecule has 2 aromatic carbocycles. The number of hydrogen-bond acceptors (Lipinski definition) is 5. The number of carbonyl (C=O) groups is 3. The van der Waals surface area contributed by atoms with E-state index in [0.717, 1.165) is 36.8 Å². The molecule has 7 nitrogen and oxygen atoms in total. The zero-order valence-corrected chi connectivity index (χ0v) is 17.3. The molecule has 0 bridgehead atoms. The zero-order chi connectivity index (χ0) is 21.5. The number of fused-ring (bicyclic) bond motifs is 1. The van der Waals surface area contributed by atoms with Gasteiger partial charge in [0, 0.05) is 18.5 Å². The predicted octanol–water partition coefficient (Wildman–Crippen LogP) is 3.92. The van der Waals surface area contributed by atoms with Crippen LogP contribution in [0.4, 0.5) is 5.69 Å². The molecule has 1 aromatic heterocycles. The number of nitrogens with zero attached hydrogens (tertiary/aromatic N) is 3. The first kappa shape index (κ1) is 19.5. The van der Waals surface area contributed by atoms with E-state index in [1.807, 2.05) is 24.3 Å². The van der Waals surface area contributed by atoms with Crippen molar-refractivity contribution in [2.75, 3.05) is 4.90 Å². The van der Waals surface area contributed by atoms with E-state index in [4.69, 9.17) is 4.42 Å². The maximum atomic E-state index is 13.2. The fourth-order valence-corrected chi connectivity index (χ4v) is 4.77. The lowest BCUT2D eigenvalue weighted by atomic mass is 10.1. The number of imide groups is 1. The first-order chi connectivity index (χ1) is 15.0. The Hall–Kier alpha value is -3.48. The van der Waals surface area contributed by atoms with Gasteiger partial charge in [0.05, 0.1) is 12.1 Å². The minimum Gasteiger partial charge on any atom is -0.436 e. The van der Waals surface area contributed by atoms with Crippen molar-refractivity contribution in [3.8, 4) is 11.5 Å². The largest absolute Gasteiger partial charge is 0.436 e. The van der Waals surface area contributed by atoms with Crippen LogP contribution in [0.5, 0.6) is 0 Å². The third kappa shape index (κ3) is 3.40. The van der Waals surface area contributed by atoms with Gasteiger partial charge in [-0.05, 0) is 49.2 Å². The van der Waals surface area contributed by atoms with Gasteiger partial charge in [-0.2, -0.15) is 0 Å². The summed E-state index contributed by atoms with van der Waals surface area (Å²) in [6.45, 7) is 1.48. The molecule has 0 spiro atoms. The quantitative estimate of drug-likeness (QED) is 0.601. The second-order valence-electron chi connectivity index (χ2n) is 8.19. The minimum atomic E-state index is -0.718. The molecule has 2 aliphatic rings. The monoisotopic (exact) mass is 417 g/mol. The topological polar surface area (TPSA) is 83.7 Å². The van der Waals surface area contributed by atoms with Crippen LogP contribution in [0.1, 0.15) is 39.0 Å². The number of aromatic nitrogens is 1. The molecule has 0 radical (unpaired) electrons. The van der Waals surface area contributed by atoms with Crippen molar-refractivity contribution in [1.82, 2.24) is 9.88 Å². The van der Waals surface area contributed by atoms with E-state index in [9.17, 15) is 14.4 Å². The predicted molar refractivity (Wildman–Crippen MR) is 115 cm³/mol. The van der Waals surface area contributed by atoms with Gasteiger partial charge in [-0.1, -0.05) is 25.0 Å². The molecule has 1 atom stereocenters. The van der Waals surface area contributed by atoms with Gasteiger partial charge in [-0.15, -0.1) is 0 Å². The molecule has 0 N–H and O–H groups in total. The lowest BCUT2D eigenvalue weighted by Gasteiger charge is -2.32. The van der Waals surface area contributed by atoms with Crippen LogP contribution in [0.25, 0.3) is 22.6 Å². The van der Waals surface area contributed by atoms with Gasteiger partial charge in [-0.3, -0.25) is 14.4 Å². The first-order valence-electron chi connectivity index (χ1n) is 10.6. The number of oxazole rings is 1. The van der Waals surface area contributed by atoms with Gasteiger partial charge >= 0.3 is 0 Å². The number of hydrogen-bond donors (Lipinski definition) is 0. The standard InChI is InChI=1S/C24H23N3O4/c1-15(28)26(17-6-2-3-7-17)20-14-22(29)27(24(20)30)18-12-10-16(11-13-18)23-25-19-8-4-5-9-21(19)31-23/h4-5,8-13,17,20H,2-3,6-7,14H2,1H3. The molecule has 1 aliphatic carbocycles. The molecule has 2 heterocycles. The highest BCUT2D eigenvalue weighted by Crippen LogP contribution is 2.33. The summed E-state index contributed by atoms with van der Waals surface area (Å²) in [5.74, 6) is -0.282. The fourth-order valence-electron chi connectivity index (χ4n) is 4.77.